The number of nitro groups is 1. The number of ether oxygens (including phenoxy) is 1. The van der Waals surface area contributed by atoms with Crippen LogP contribution in [0.3, 0.4) is 0 Å². The van der Waals surface area contributed by atoms with Crippen LogP contribution in [0.2, 0.25) is 0 Å². The second kappa shape index (κ2) is 4.47. The zero-order valence-corrected chi connectivity index (χ0v) is 8.50. The summed E-state index contributed by atoms with van der Waals surface area (Å²) in [7, 11) is 0. The molecule has 0 atom stereocenters. The molecular formula is C7H3BrF3NO3. The lowest BCUT2D eigenvalue weighted by atomic mass is 10.3. The molecule has 0 spiro atoms. The van der Waals surface area contributed by atoms with E-state index in [-0.39, 0.29) is 4.47 Å². The molecule has 15 heavy (non-hydrogen) atoms. The Hall–Kier alpha value is -1.31. The minimum atomic E-state index is -3.33. The van der Waals surface area contributed by atoms with Crippen molar-refractivity contribution in [3.05, 3.63) is 32.5 Å². The Bertz CT molecular complexity index is 399. The summed E-state index contributed by atoms with van der Waals surface area (Å²) in [4.78, 5) is 9.36. The van der Waals surface area contributed by atoms with Gasteiger partial charge in [-0.3, -0.25) is 10.1 Å². The van der Waals surface area contributed by atoms with E-state index >= 15 is 0 Å². The third-order valence-corrected chi connectivity index (χ3v) is 2.05. The Morgan fingerprint density at radius 3 is 2.53 bits per heavy atom. The van der Waals surface area contributed by atoms with Gasteiger partial charge in [0.05, 0.1) is 9.40 Å². The first-order valence-corrected chi connectivity index (χ1v) is 4.30. The summed E-state index contributed by atoms with van der Waals surface area (Å²) in [5.74, 6) is -2.31. The smallest absolute Gasteiger partial charge is 0.387 e. The molecule has 1 rings (SSSR count). The van der Waals surface area contributed by atoms with Crippen LogP contribution in [0.1, 0.15) is 0 Å². The van der Waals surface area contributed by atoms with Gasteiger partial charge in [0.25, 0.3) is 0 Å². The van der Waals surface area contributed by atoms with Crippen LogP contribution in [0, 0.1) is 15.9 Å². The van der Waals surface area contributed by atoms with Gasteiger partial charge >= 0.3 is 12.3 Å². The summed E-state index contributed by atoms with van der Waals surface area (Å²) < 4.78 is 40.4. The van der Waals surface area contributed by atoms with Crippen molar-refractivity contribution in [3.8, 4) is 5.75 Å². The molecule has 0 aliphatic rings. The summed E-state index contributed by atoms with van der Waals surface area (Å²) in [5, 5.41) is 10.4. The molecule has 0 heterocycles. The minimum Gasteiger partial charge on any atom is -0.424 e. The second-order valence-electron chi connectivity index (χ2n) is 2.35. The SMILES string of the molecule is O=[N+]([O-])c1ccc(Br)c(F)c1OC(F)F. The molecule has 0 aromatic heterocycles. The topological polar surface area (TPSA) is 52.4 Å². The zero-order valence-electron chi connectivity index (χ0n) is 6.92. The van der Waals surface area contributed by atoms with E-state index in [0.717, 1.165) is 12.1 Å². The van der Waals surface area contributed by atoms with Gasteiger partial charge in [-0.15, -0.1) is 0 Å². The van der Waals surface area contributed by atoms with Crippen LogP contribution in [-0.4, -0.2) is 11.5 Å². The lowest BCUT2D eigenvalue weighted by Crippen LogP contribution is -2.06. The van der Waals surface area contributed by atoms with Crippen molar-refractivity contribution >= 4 is 21.6 Å². The lowest BCUT2D eigenvalue weighted by molar-refractivity contribution is -0.386. The maximum absolute atomic E-state index is 13.2. The van der Waals surface area contributed by atoms with E-state index in [2.05, 4.69) is 20.7 Å². The monoisotopic (exact) mass is 285 g/mol. The Kier molecular flexibility index (Phi) is 3.51. The molecule has 0 saturated carbocycles. The first-order valence-electron chi connectivity index (χ1n) is 3.50. The summed E-state index contributed by atoms with van der Waals surface area (Å²) >= 11 is 2.70. The van der Waals surface area contributed by atoms with Gasteiger partial charge in [0.2, 0.25) is 5.75 Å². The summed E-state index contributed by atoms with van der Waals surface area (Å²) in [6, 6.07) is 1.90. The highest BCUT2D eigenvalue weighted by molar-refractivity contribution is 9.10. The normalized spacial score (nSPS) is 10.5. The first kappa shape index (κ1) is 11.8. The predicted molar refractivity (Wildman–Crippen MR) is 47.4 cm³/mol. The van der Waals surface area contributed by atoms with Crippen LogP contribution < -0.4 is 4.74 Å². The van der Waals surface area contributed by atoms with Gasteiger partial charge in [0.15, 0.2) is 5.82 Å². The van der Waals surface area contributed by atoms with Crippen molar-refractivity contribution in [2.45, 2.75) is 6.61 Å². The van der Waals surface area contributed by atoms with E-state index in [0.29, 0.717) is 0 Å². The molecule has 0 aliphatic carbocycles. The highest BCUT2D eigenvalue weighted by Crippen LogP contribution is 2.35. The van der Waals surface area contributed by atoms with Gasteiger partial charge in [0, 0.05) is 6.07 Å². The van der Waals surface area contributed by atoms with E-state index in [1.807, 2.05) is 0 Å². The Morgan fingerprint density at radius 1 is 1.47 bits per heavy atom. The van der Waals surface area contributed by atoms with Crippen LogP contribution in [0.25, 0.3) is 0 Å². The Balaban J connectivity index is 3.28. The predicted octanol–water partition coefficient (Wildman–Crippen LogP) is 3.10. The number of nitrogens with zero attached hydrogens (tertiary/aromatic N) is 1. The lowest BCUT2D eigenvalue weighted by Gasteiger charge is -2.06. The molecule has 0 amide bonds. The molecular weight excluding hydrogens is 283 g/mol. The number of benzene rings is 1. The molecule has 0 N–H and O–H groups in total. The van der Waals surface area contributed by atoms with E-state index in [4.69, 9.17) is 0 Å². The average Bonchev–Trinajstić information content (AvgIpc) is 2.12. The summed E-state index contributed by atoms with van der Waals surface area (Å²) in [6.07, 6.45) is 0. The molecule has 0 unspecified atom stereocenters. The highest BCUT2D eigenvalue weighted by atomic mass is 79.9. The third kappa shape index (κ3) is 2.58. The number of alkyl halides is 2. The van der Waals surface area contributed by atoms with E-state index in [1.165, 1.54) is 0 Å². The molecule has 0 fully saturated rings. The largest absolute Gasteiger partial charge is 0.424 e. The fourth-order valence-electron chi connectivity index (χ4n) is 0.867. The average molecular weight is 286 g/mol. The number of rotatable bonds is 3. The van der Waals surface area contributed by atoms with Gasteiger partial charge < -0.3 is 4.74 Å². The summed E-state index contributed by atoms with van der Waals surface area (Å²) in [5.41, 5.74) is -0.851. The number of halogens is 4. The number of hydrogen-bond acceptors (Lipinski definition) is 3. The van der Waals surface area contributed by atoms with Gasteiger partial charge in [0.1, 0.15) is 0 Å². The van der Waals surface area contributed by atoms with Crippen molar-refractivity contribution in [2.24, 2.45) is 0 Å². The van der Waals surface area contributed by atoms with Crippen LogP contribution in [-0.2, 0) is 0 Å². The minimum absolute atomic E-state index is 0.191. The Labute approximate surface area is 89.9 Å². The van der Waals surface area contributed by atoms with Gasteiger partial charge in [-0.1, -0.05) is 0 Å². The maximum Gasteiger partial charge on any atom is 0.387 e. The van der Waals surface area contributed by atoms with E-state index < -0.39 is 28.8 Å². The van der Waals surface area contributed by atoms with Crippen LogP contribution in [0.15, 0.2) is 16.6 Å². The third-order valence-electron chi connectivity index (χ3n) is 1.43. The fraction of sp³-hybridized carbons (Fsp3) is 0.143. The van der Waals surface area contributed by atoms with E-state index in [1.54, 1.807) is 0 Å². The molecule has 1 aromatic rings. The maximum atomic E-state index is 13.2. The van der Waals surface area contributed by atoms with Crippen LogP contribution in [0.5, 0.6) is 5.75 Å². The molecule has 1 aromatic carbocycles. The van der Waals surface area contributed by atoms with Crippen LogP contribution >= 0.6 is 15.9 Å². The van der Waals surface area contributed by atoms with Crippen molar-refractivity contribution in [3.63, 3.8) is 0 Å². The molecule has 4 nitrogen and oxygen atoms in total. The van der Waals surface area contributed by atoms with Crippen molar-refractivity contribution in [2.75, 3.05) is 0 Å². The molecule has 0 aliphatic heterocycles. The molecule has 0 radical (unpaired) electrons. The standard InChI is InChI=1S/C7H3BrF3NO3/c8-3-1-2-4(12(13)14)6(5(3)9)15-7(10)11/h1-2,7H. The second-order valence-corrected chi connectivity index (χ2v) is 3.20. The molecule has 0 saturated heterocycles. The Morgan fingerprint density at radius 2 is 2.07 bits per heavy atom. The highest BCUT2D eigenvalue weighted by Gasteiger charge is 2.24. The quantitative estimate of drug-likeness (QED) is 0.633. The van der Waals surface area contributed by atoms with Crippen molar-refractivity contribution < 1.29 is 22.8 Å². The molecule has 0 bridgehead atoms. The van der Waals surface area contributed by atoms with Gasteiger partial charge in [-0.2, -0.15) is 8.78 Å². The van der Waals surface area contributed by atoms with E-state index in [9.17, 15) is 23.3 Å². The number of nitro benzene ring substituents is 1. The number of hydrogen-bond donors (Lipinski definition) is 0. The van der Waals surface area contributed by atoms with Crippen LogP contribution in [0.4, 0.5) is 18.9 Å². The summed E-state index contributed by atoms with van der Waals surface area (Å²) in [6.45, 7) is -3.33. The van der Waals surface area contributed by atoms with Gasteiger partial charge in [-0.25, -0.2) is 4.39 Å². The fourth-order valence-corrected chi connectivity index (χ4v) is 1.18. The van der Waals surface area contributed by atoms with Crippen molar-refractivity contribution in [1.29, 1.82) is 0 Å². The first-order chi connectivity index (χ1) is 6.93. The van der Waals surface area contributed by atoms with Gasteiger partial charge in [-0.05, 0) is 22.0 Å². The molecule has 8 heteroatoms. The zero-order chi connectivity index (χ0) is 11.6. The van der Waals surface area contributed by atoms with Crippen molar-refractivity contribution in [1.82, 2.24) is 0 Å². The molecule has 82 valence electrons.